The van der Waals surface area contributed by atoms with Crippen LogP contribution in [0, 0.1) is 5.41 Å². The minimum Gasteiger partial charge on any atom is -0.481 e. The fourth-order valence-corrected chi connectivity index (χ4v) is 1.87. The zero-order valence-electron chi connectivity index (χ0n) is 8.87. The van der Waals surface area contributed by atoms with Gasteiger partial charge in [-0.2, -0.15) is 0 Å². The normalized spacial score (nSPS) is 28.6. The van der Waals surface area contributed by atoms with E-state index in [2.05, 4.69) is 18.8 Å². The van der Waals surface area contributed by atoms with Crippen molar-refractivity contribution in [1.29, 1.82) is 0 Å². The lowest BCUT2D eigenvalue weighted by Gasteiger charge is -2.14. The van der Waals surface area contributed by atoms with Crippen molar-refractivity contribution in [3.05, 3.63) is 23.9 Å². The molecule has 1 fully saturated rings. The third-order valence-electron chi connectivity index (χ3n) is 3.19. The molecule has 1 aliphatic rings. The zero-order valence-corrected chi connectivity index (χ0v) is 8.87. The van der Waals surface area contributed by atoms with E-state index >= 15 is 0 Å². The van der Waals surface area contributed by atoms with Gasteiger partial charge in [0, 0.05) is 6.07 Å². The maximum atomic E-state index is 6.25. The summed E-state index contributed by atoms with van der Waals surface area (Å²) in [5.41, 5.74) is 7.08. The van der Waals surface area contributed by atoms with Gasteiger partial charge in [-0.05, 0) is 17.9 Å². The number of methoxy groups -OCH3 is 1. The Labute approximate surface area is 84.3 Å². The molecule has 14 heavy (non-hydrogen) atoms. The number of rotatable bonds is 2. The van der Waals surface area contributed by atoms with Crippen molar-refractivity contribution in [1.82, 2.24) is 4.98 Å². The summed E-state index contributed by atoms with van der Waals surface area (Å²) >= 11 is 0. The lowest BCUT2D eigenvalue weighted by Crippen LogP contribution is -2.26. The molecule has 1 aromatic heterocycles. The van der Waals surface area contributed by atoms with E-state index in [1.54, 1.807) is 7.11 Å². The molecule has 3 nitrogen and oxygen atoms in total. The third kappa shape index (κ3) is 1.20. The fraction of sp³-hybridized carbons (Fsp3) is 0.545. The van der Waals surface area contributed by atoms with Crippen LogP contribution in [0.1, 0.15) is 26.0 Å². The summed E-state index contributed by atoms with van der Waals surface area (Å²) in [5, 5.41) is 0. The van der Waals surface area contributed by atoms with Crippen molar-refractivity contribution in [3.63, 3.8) is 0 Å². The smallest absolute Gasteiger partial charge is 0.213 e. The van der Waals surface area contributed by atoms with Crippen LogP contribution in [0.15, 0.2) is 18.2 Å². The number of hydrogen-bond acceptors (Lipinski definition) is 3. The van der Waals surface area contributed by atoms with Crippen molar-refractivity contribution in [2.45, 2.75) is 25.8 Å². The molecule has 0 spiro atoms. The number of aromatic nitrogens is 1. The number of hydrogen-bond donors (Lipinski definition) is 1. The maximum Gasteiger partial charge on any atom is 0.213 e. The van der Waals surface area contributed by atoms with Crippen molar-refractivity contribution in [2.75, 3.05) is 7.11 Å². The van der Waals surface area contributed by atoms with Gasteiger partial charge in [-0.25, -0.2) is 4.98 Å². The van der Waals surface area contributed by atoms with Crippen molar-refractivity contribution < 1.29 is 4.74 Å². The van der Waals surface area contributed by atoms with E-state index in [1.165, 1.54) is 0 Å². The predicted octanol–water partition coefficient (Wildman–Crippen LogP) is 1.67. The van der Waals surface area contributed by atoms with Crippen molar-refractivity contribution >= 4 is 0 Å². The topological polar surface area (TPSA) is 48.1 Å². The highest BCUT2D eigenvalue weighted by Crippen LogP contribution is 2.59. The average molecular weight is 192 g/mol. The first-order valence-corrected chi connectivity index (χ1v) is 4.80. The first-order chi connectivity index (χ1) is 6.49. The minimum absolute atomic E-state index is 0.159. The molecule has 3 heteroatoms. The number of ether oxygens (including phenoxy) is 1. The van der Waals surface area contributed by atoms with Gasteiger partial charge in [-0.15, -0.1) is 0 Å². The molecule has 0 amide bonds. The van der Waals surface area contributed by atoms with Crippen LogP contribution in [-0.2, 0) is 5.54 Å². The molecule has 76 valence electrons. The Morgan fingerprint density at radius 3 is 2.57 bits per heavy atom. The summed E-state index contributed by atoms with van der Waals surface area (Å²) in [6.45, 7) is 4.32. The van der Waals surface area contributed by atoms with Gasteiger partial charge in [0.15, 0.2) is 0 Å². The predicted molar refractivity (Wildman–Crippen MR) is 55.1 cm³/mol. The summed E-state index contributed by atoms with van der Waals surface area (Å²) in [6.07, 6.45) is 0.986. The first kappa shape index (κ1) is 9.46. The molecule has 1 heterocycles. The van der Waals surface area contributed by atoms with Gasteiger partial charge in [0.25, 0.3) is 0 Å². The summed E-state index contributed by atoms with van der Waals surface area (Å²) in [4.78, 5) is 4.37. The van der Waals surface area contributed by atoms with E-state index in [9.17, 15) is 0 Å². The SMILES string of the molecule is COc1cccc(C2(N)CC2(C)C)n1. The molecule has 0 bridgehead atoms. The molecule has 1 saturated carbocycles. The van der Waals surface area contributed by atoms with E-state index in [1.807, 2.05) is 18.2 Å². The van der Waals surface area contributed by atoms with E-state index in [4.69, 9.17) is 10.5 Å². The van der Waals surface area contributed by atoms with Gasteiger partial charge in [0.2, 0.25) is 5.88 Å². The molecule has 2 N–H and O–H groups in total. The molecule has 1 atom stereocenters. The Morgan fingerprint density at radius 2 is 2.07 bits per heavy atom. The molecule has 1 unspecified atom stereocenters. The molecular formula is C11H16N2O. The molecular weight excluding hydrogens is 176 g/mol. The molecule has 0 saturated heterocycles. The van der Waals surface area contributed by atoms with Crippen LogP contribution in [0.5, 0.6) is 5.88 Å². The fourth-order valence-electron chi connectivity index (χ4n) is 1.87. The molecule has 1 aliphatic carbocycles. The zero-order chi connectivity index (χ0) is 10.4. The second-order valence-corrected chi connectivity index (χ2v) is 4.60. The van der Waals surface area contributed by atoms with Gasteiger partial charge in [-0.3, -0.25) is 0 Å². The van der Waals surface area contributed by atoms with Crippen molar-refractivity contribution in [2.24, 2.45) is 11.1 Å². The molecule has 1 aromatic rings. The van der Waals surface area contributed by atoms with Crippen LogP contribution in [-0.4, -0.2) is 12.1 Å². The summed E-state index contributed by atoms with van der Waals surface area (Å²) < 4.78 is 5.08. The highest BCUT2D eigenvalue weighted by Gasteiger charge is 2.60. The Kier molecular flexibility index (Phi) is 1.83. The number of pyridine rings is 1. The highest BCUT2D eigenvalue weighted by molar-refractivity contribution is 5.31. The molecule has 0 aromatic carbocycles. The van der Waals surface area contributed by atoms with E-state index in [0.717, 1.165) is 12.1 Å². The Hall–Kier alpha value is -1.09. The Bertz CT molecular complexity index is 362. The molecule has 2 rings (SSSR count). The summed E-state index contributed by atoms with van der Waals surface area (Å²) in [5.74, 6) is 0.634. The summed E-state index contributed by atoms with van der Waals surface area (Å²) in [7, 11) is 1.62. The van der Waals surface area contributed by atoms with Gasteiger partial charge < -0.3 is 10.5 Å². The van der Waals surface area contributed by atoms with E-state index in [0.29, 0.717) is 5.88 Å². The summed E-state index contributed by atoms with van der Waals surface area (Å²) in [6, 6.07) is 5.74. The highest BCUT2D eigenvalue weighted by atomic mass is 16.5. The quantitative estimate of drug-likeness (QED) is 0.775. The van der Waals surface area contributed by atoms with Gasteiger partial charge in [0.05, 0.1) is 18.3 Å². The van der Waals surface area contributed by atoms with Crippen LogP contribution in [0.4, 0.5) is 0 Å². The monoisotopic (exact) mass is 192 g/mol. The second kappa shape index (κ2) is 2.70. The number of nitrogens with zero attached hydrogens (tertiary/aromatic N) is 1. The first-order valence-electron chi connectivity index (χ1n) is 4.80. The molecule has 0 radical (unpaired) electrons. The van der Waals surface area contributed by atoms with E-state index in [-0.39, 0.29) is 11.0 Å². The standard InChI is InChI=1S/C11H16N2O/c1-10(2)7-11(10,12)8-5-4-6-9(13-8)14-3/h4-6H,7,12H2,1-3H3. The average Bonchev–Trinajstić information content (AvgIpc) is 2.68. The lowest BCUT2D eigenvalue weighted by molar-refractivity contribution is 0.391. The van der Waals surface area contributed by atoms with Crippen LogP contribution in [0.3, 0.4) is 0 Å². The third-order valence-corrected chi connectivity index (χ3v) is 3.19. The van der Waals surface area contributed by atoms with Gasteiger partial charge in [-0.1, -0.05) is 19.9 Å². The Balaban J connectivity index is 2.34. The van der Waals surface area contributed by atoms with Crippen LogP contribution < -0.4 is 10.5 Å². The minimum atomic E-state index is -0.262. The van der Waals surface area contributed by atoms with Crippen LogP contribution in [0.25, 0.3) is 0 Å². The van der Waals surface area contributed by atoms with Crippen LogP contribution in [0.2, 0.25) is 0 Å². The molecule has 0 aliphatic heterocycles. The van der Waals surface area contributed by atoms with E-state index < -0.39 is 0 Å². The largest absolute Gasteiger partial charge is 0.481 e. The lowest BCUT2D eigenvalue weighted by atomic mass is 10.0. The van der Waals surface area contributed by atoms with Crippen molar-refractivity contribution in [3.8, 4) is 5.88 Å². The maximum absolute atomic E-state index is 6.25. The Morgan fingerprint density at radius 1 is 1.43 bits per heavy atom. The second-order valence-electron chi connectivity index (χ2n) is 4.60. The van der Waals surface area contributed by atoms with Crippen LogP contribution >= 0.6 is 0 Å². The van der Waals surface area contributed by atoms with Gasteiger partial charge >= 0.3 is 0 Å². The van der Waals surface area contributed by atoms with Gasteiger partial charge in [0.1, 0.15) is 0 Å². The number of nitrogens with two attached hydrogens (primary N) is 1.